The van der Waals surface area contributed by atoms with E-state index in [9.17, 15) is 0 Å². The summed E-state index contributed by atoms with van der Waals surface area (Å²) < 4.78 is 14.1. The molecule has 0 N–H and O–H groups in total. The Kier molecular flexibility index (Phi) is 7.00. The molecule has 0 spiro atoms. The van der Waals surface area contributed by atoms with Crippen molar-refractivity contribution in [2.45, 2.75) is 0 Å². The summed E-state index contributed by atoms with van der Waals surface area (Å²) in [5, 5.41) is 5.30. The van der Waals surface area contributed by atoms with Gasteiger partial charge in [-0.15, -0.1) is 11.3 Å². The molecule has 11 aromatic rings. The molecule has 0 fully saturated rings. The Bertz CT molecular complexity index is 3160. The average Bonchev–Trinajstić information content (AvgIpc) is 3.95. The number of aromatic nitrogens is 1. The molecule has 0 aliphatic rings. The van der Waals surface area contributed by atoms with E-state index in [0.29, 0.717) is 0 Å². The molecular weight excluding hydrogens is 681 g/mol. The molecule has 0 unspecified atom stereocenters. The summed E-state index contributed by atoms with van der Waals surface area (Å²) in [6.07, 6.45) is 0. The predicted molar refractivity (Wildman–Crippen MR) is 225 cm³/mol. The number of anilines is 3. The van der Waals surface area contributed by atoms with Gasteiger partial charge >= 0.3 is 0 Å². The molecule has 254 valence electrons. The molecule has 0 radical (unpaired) electrons. The molecule has 0 amide bonds. The lowest BCUT2D eigenvalue weighted by Crippen LogP contribution is -2.09. The van der Waals surface area contributed by atoms with Gasteiger partial charge in [0.25, 0.3) is 0 Å². The van der Waals surface area contributed by atoms with E-state index in [-0.39, 0.29) is 0 Å². The molecule has 3 heterocycles. The van der Waals surface area contributed by atoms with Crippen molar-refractivity contribution in [2.24, 2.45) is 0 Å². The van der Waals surface area contributed by atoms with E-state index in [0.717, 1.165) is 87.3 Å². The van der Waals surface area contributed by atoms with Crippen LogP contribution < -0.4 is 4.90 Å². The third-order valence-electron chi connectivity index (χ3n) is 10.3. The number of furan rings is 2. The van der Waals surface area contributed by atoms with Crippen LogP contribution in [0.3, 0.4) is 0 Å². The number of hydrogen-bond acceptors (Lipinski definition) is 5. The molecule has 0 saturated heterocycles. The van der Waals surface area contributed by atoms with Crippen LogP contribution in [0.2, 0.25) is 0 Å². The van der Waals surface area contributed by atoms with Gasteiger partial charge in [0.05, 0.1) is 15.6 Å². The third-order valence-corrected chi connectivity index (χ3v) is 11.4. The first kappa shape index (κ1) is 30.7. The van der Waals surface area contributed by atoms with E-state index in [1.54, 1.807) is 11.3 Å². The van der Waals surface area contributed by atoms with Gasteiger partial charge in [0.2, 0.25) is 0 Å². The largest absolute Gasteiger partial charge is 0.456 e. The molecule has 11 rings (SSSR count). The molecule has 0 bridgehead atoms. The lowest BCUT2D eigenvalue weighted by molar-refractivity contribution is 0.669. The Labute approximate surface area is 314 Å². The van der Waals surface area contributed by atoms with E-state index in [2.05, 4.69) is 169 Å². The number of hydrogen-bond donors (Lipinski definition) is 0. The fourth-order valence-electron chi connectivity index (χ4n) is 7.78. The van der Waals surface area contributed by atoms with Crippen LogP contribution in [-0.2, 0) is 0 Å². The molecule has 5 heteroatoms. The Balaban J connectivity index is 1.06. The van der Waals surface area contributed by atoms with Gasteiger partial charge < -0.3 is 13.7 Å². The smallest absolute Gasteiger partial charge is 0.137 e. The van der Waals surface area contributed by atoms with Crippen LogP contribution in [0.1, 0.15) is 0 Å². The first-order valence-electron chi connectivity index (χ1n) is 18.0. The highest BCUT2D eigenvalue weighted by Crippen LogP contribution is 2.44. The van der Waals surface area contributed by atoms with Crippen molar-refractivity contribution in [3.05, 3.63) is 182 Å². The van der Waals surface area contributed by atoms with Crippen LogP contribution in [0, 0.1) is 0 Å². The molecule has 0 atom stereocenters. The zero-order chi connectivity index (χ0) is 35.6. The maximum absolute atomic E-state index is 6.60. The predicted octanol–water partition coefficient (Wildman–Crippen LogP) is 14.6. The van der Waals surface area contributed by atoms with Crippen LogP contribution in [0.25, 0.3) is 86.9 Å². The van der Waals surface area contributed by atoms with Crippen molar-refractivity contribution in [1.29, 1.82) is 0 Å². The highest BCUT2D eigenvalue weighted by molar-refractivity contribution is 7.21. The highest BCUT2D eigenvalue weighted by Gasteiger charge is 2.20. The van der Waals surface area contributed by atoms with Gasteiger partial charge in [-0.3, -0.25) is 0 Å². The Morgan fingerprint density at radius 1 is 0.407 bits per heavy atom. The average molecular weight is 711 g/mol. The Hall–Kier alpha value is -6.95. The number of rotatable bonds is 6. The normalized spacial score (nSPS) is 11.7. The second-order valence-electron chi connectivity index (χ2n) is 13.5. The van der Waals surface area contributed by atoms with E-state index in [1.165, 1.54) is 16.7 Å². The highest BCUT2D eigenvalue weighted by atomic mass is 32.1. The molecule has 0 saturated carbocycles. The molecule has 3 aromatic heterocycles. The maximum atomic E-state index is 6.60. The summed E-state index contributed by atoms with van der Waals surface area (Å²) in [6, 6.07) is 63.8. The molecule has 54 heavy (non-hydrogen) atoms. The van der Waals surface area contributed by atoms with Gasteiger partial charge in [0.15, 0.2) is 0 Å². The van der Waals surface area contributed by atoms with Gasteiger partial charge in [-0.05, 0) is 76.9 Å². The second kappa shape index (κ2) is 12.3. The van der Waals surface area contributed by atoms with Crippen molar-refractivity contribution < 1.29 is 8.83 Å². The minimum absolute atomic E-state index is 0.812. The molecule has 0 aliphatic carbocycles. The summed E-state index contributed by atoms with van der Waals surface area (Å²) in [7, 11) is 0. The molecule has 0 aliphatic heterocycles. The van der Waals surface area contributed by atoms with Crippen molar-refractivity contribution >= 4 is 82.5 Å². The number of thiazole rings is 1. The lowest BCUT2D eigenvalue weighted by atomic mass is 9.94. The first-order valence-corrected chi connectivity index (χ1v) is 18.8. The van der Waals surface area contributed by atoms with E-state index in [4.69, 9.17) is 13.8 Å². The number of nitrogens with zero attached hydrogens (tertiary/aromatic N) is 2. The first-order chi connectivity index (χ1) is 26.7. The second-order valence-corrected chi connectivity index (χ2v) is 14.6. The van der Waals surface area contributed by atoms with Gasteiger partial charge in [0.1, 0.15) is 27.3 Å². The summed E-state index contributed by atoms with van der Waals surface area (Å²) in [5.74, 6) is 0. The Morgan fingerprint density at radius 3 is 1.70 bits per heavy atom. The van der Waals surface area contributed by atoms with Crippen molar-refractivity contribution in [2.75, 3.05) is 4.90 Å². The zero-order valence-electron chi connectivity index (χ0n) is 28.9. The fourth-order valence-corrected chi connectivity index (χ4v) is 8.76. The van der Waals surface area contributed by atoms with Crippen LogP contribution in [0.4, 0.5) is 17.1 Å². The Morgan fingerprint density at radius 2 is 0.963 bits per heavy atom. The van der Waals surface area contributed by atoms with Crippen molar-refractivity contribution in [3.8, 4) is 32.8 Å². The summed E-state index contributed by atoms with van der Waals surface area (Å²) >= 11 is 1.71. The van der Waals surface area contributed by atoms with E-state index in [1.807, 2.05) is 18.2 Å². The fraction of sp³-hybridized carbons (Fsp3) is 0. The van der Waals surface area contributed by atoms with Crippen LogP contribution in [0.15, 0.2) is 191 Å². The van der Waals surface area contributed by atoms with Gasteiger partial charge in [-0.25, -0.2) is 4.98 Å². The summed E-state index contributed by atoms with van der Waals surface area (Å²) in [5.41, 5.74) is 13.2. The minimum Gasteiger partial charge on any atom is -0.456 e. The minimum atomic E-state index is 0.812. The quantitative estimate of drug-likeness (QED) is 0.172. The molecule has 4 nitrogen and oxygen atoms in total. The lowest BCUT2D eigenvalue weighted by Gasteiger charge is -2.25. The standard InChI is InChI=1S/C49H30N2O2S/c1-3-11-31(12-4-1)37-15-7-8-16-38(37)32-19-21-34(22-20-32)51(35-23-25-40-39-17-9-10-18-42(39)52-44(40)29-35)36-24-26-41-45(30-36)53-43-27-28-46-48(47(41)43)50-49(54-46)33-13-5-2-6-14-33/h1-30H. The topological polar surface area (TPSA) is 42.4 Å². The zero-order valence-corrected chi connectivity index (χ0v) is 29.8. The maximum Gasteiger partial charge on any atom is 0.137 e. The molecule has 8 aromatic carbocycles. The van der Waals surface area contributed by atoms with Gasteiger partial charge in [0, 0.05) is 50.9 Å². The van der Waals surface area contributed by atoms with Crippen LogP contribution in [-0.4, -0.2) is 4.98 Å². The third kappa shape index (κ3) is 5.01. The van der Waals surface area contributed by atoms with Crippen LogP contribution >= 0.6 is 11.3 Å². The summed E-state index contributed by atoms with van der Waals surface area (Å²) in [6.45, 7) is 0. The van der Waals surface area contributed by atoms with Gasteiger partial charge in [-0.2, -0.15) is 0 Å². The van der Waals surface area contributed by atoms with E-state index >= 15 is 0 Å². The number of benzene rings is 8. The van der Waals surface area contributed by atoms with E-state index < -0.39 is 0 Å². The number of para-hydroxylation sites is 1. The molecular formula is C49H30N2O2S. The SMILES string of the molecule is c1ccc(-c2nc3c(ccc4oc5cc(N(c6ccc(-c7ccccc7-c7ccccc7)cc6)c6ccc7c(c6)oc6ccccc67)ccc5c43)s2)cc1. The van der Waals surface area contributed by atoms with Crippen LogP contribution in [0.5, 0.6) is 0 Å². The number of fused-ring (bicyclic) bond motifs is 8. The van der Waals surface area contributed by atoms with Crippen molar-refractivity contribution in [1.82, 2.24) is 4.98 Å². The van der Waals surface area contributed by atoms with Crippen molar-refractivity contribution in [3.63, 3.8) is 0 Å². The van der Waals surface area contributed by atoms with Gasteiger partial charge in [-0.1, -0.05) is 115 Å². The monoisotopic (exact) mass is 710 g/mol. The summed E-state index contributed by atoms with van der Waals surface area (Å²) in [4.78, 5) is 7.41.